The molecule has 0 atom stereocenters. The maximum absolute atomic E-state index is 2.38. The summed E-state index contributed by atoms with van der Waals surface area (Å²) in [6.45, 7) is 7.10. The normalized spacial score (nSPS) is 11.9. The van der Waals surface area contributed by atoms with Crippen LogP contribution in [0.4, 0.5) is 0 Å². The van der Waals surface area contributed by atoms with Crippen molar-refractivity contribution in [3.05, 3.63) is 132 Å². The SMILES string of the molecule is Cc1ccc(/C(CP(C)C)=C(/B(c2ccccc2)c2ccccc2)c2ccccc2)cc1. The molecule has 0 aromatic heterocycles. The molecule has 158 valence electrons. The van der Waals surface area contributed by atoms with Crippen LogP contribution in [0, 0.1) is 6.92 Å². The van der Waals surface area contributed by atoms with Crippen molar-refractivity contribution in [2.24, 2.45) is 0 Å². The third kappa shape index (κ3) is 5.29. The Bertz CT molecular complexity index is 1110. The topological polar surface area (TPSA) is 0 Å². The summed E-state index contributed by atoms with van der Waals surface area (Å²) in [4.78, 5) is 0. The van der Waals surface area contributed by atoms with Crippen LogP contribution in [0.15, 0.2) is 115 Å². The van der Waals surface area contributed by atoms with Crippen LogP contribution in [0.25, 0.3) is 11.0 Å². The van der Waals surface area contributed by atoms with Gasteiger partial charge in [-0.2, -0.15) is 0 Å². The Kier molecular flexibility index (Phi) is 7.41. The van der Waals surface area contributed by atoms with Gasteiger partial charge in [0.2, 0.25) is 6.71 Å². The summed E-state index contributed by atoms with van der Waals surface area (Å²) in [5, 5.41) is 0. The molecule has 32 heavy (non-hydrogen) atoms. The maximum Gasteiger partial charge on any atom is 0.242 e. The van der Waals surface area contributed by atoms with E-state index in [1.807, 2.05) is 0 Å². The van der Waals surface area contributed by atoms with Crippen LogP contribution in [0.5, 0.6) is 0 Å². The highest BCUT2D eigenvalue weighted by atomic mass is 31.1. The van der Waals surface area contributed by atoms with Crippen LogP contribution in [-0.2, 0) is 0 Å². The van der Waals surface area contributed by atoms with Gasteiger partial charge >= 0.3 is 0 Å². The number of hydrogen-bond donors (Lipinski definition) is 0. The predicted octanol–water partition coefficient (Wildman–Crippen LogP) is 6.50. The van der Waals surface area contributed by atoms with Gasteiger partial charge in [-0.05, 0) is 43.1 Å². The Morgan fingerprint density at radius 1 is 0.594 bits per heavy atom. The Balaban J connectivity index is 2.06. The molecule has 0 saturated heterocycles. The van der Waals surface area contributed by atoms with Gasteiger partial charge in [0, 0.05) is 0 Å². The monoisotopic (exact) mass is 432 g/mol. The average Bonchev–Trinajstić information content (AvgIpc) is 2.83. The number of benzene rings is 4. The van der Waals surface area contributed by atoms with Crippen molar-refractivity contribution < 1.29 is 0 Å². The van der Waals surface area contributed by atoms with Crippen molar-refractivity contribution in [1.29, 1.82) is 0 Å². The third-order valence-corrected chi connectivity index (χ3v) is 6.79. The number of aryl methyl sites for hydroxylation is 1. The van der Waals surface area contributed by atoms with E-state index in [2.05, 4.69) is 136 Å². The Labute approximate surface area is 194 Å². The van der Waals surface area contributed by atoms with Crippen molar-refractivity contribution >= 4 is 36.6 Å². The van der Waals surface area contributed by atoms with E-state index in [0.29, 0.717) is 0 Å². The third-order valence-electron chi connectivity index (χ3n) is 5.84. The molecule has 4 aromatic rings. The summed E-state index contributed by atoms with van der Waals surface area (Å²) >= 11 is 0. The van der Waals surface area contributed by atoms with E-state index >= 15 is 0 Å². The number of rotatable bonds is 7. The van der Waals surface area contributed by atoms with Gasteiger partial charge in [0.05, 0.1) is 0 Å². The first-order valence-electron chi connectivity index (χ1n) is 11.2. The molecule has 0 unspecified atom stereocenters. The van der Waals surface area contributed by atoms with Crippen molar-refractivity contribution in [1.82, 2.24) is 0 Å². The molecule has 0 aliphatic heterocycles. The fourth-order valence-corrected chi connectivity index (χ4v) is 5.34. The van der Waals surface area contributed by atoms with E-state index in [0.717, 1.165) is 6.16 Å². The van der Waals surface area contributed by atoms with Crippen LogP contribution in [0.3, 0.4) is 0 Å². The Morgan fingerprint density at radius 3 is 1.53 bits per heavy atom. The second kappa shape index (κ2) is 10.6. The molecule has 0 amide bonds. The smallest absolute Gasteiger partial charge is 0.109 e. The summed E-state index contributed by atoms with van der Waals surface area (Å²) < 4.78 is 0. The van der Waals surface area contributed by atoms with Crippen molar-refractivity contribution in [3.8, 4) is 0 Å². The summed E-state index contributed by atoms with van der Waals surface area (Å²) in [5.41, 5.74) is 9.48. The Morgan fingerprint density at radius 2 is 1.06 bits per heavy atom. The van der Waals surface area contributed by atoms with E-state index in [9.17, 15) is 0 Å². The zero-order chi connectivity index (χ0) is 22.3. The van der Waals surface area contributed by atoms with Gasteiger partial charge in [0.25, 0.3) is 0 Å². The summed E-state index contributed by atoms with van der Waals surface area (Å²) in [6, 6.07) is 42.0. The molecule has 0 nitrogen and oxygen atoms in total. The van der Waals surface area contributed by atoms with E-state index in [4.69, 9.17) is 0 Å². The maximum atomic E-state index is 2.38. The molecule has 4 aromatic carbocycles. The predicted molar refractivity (Wildman–Crippen MR) is 146 cm³/mol. The molecule has 0 heterocycles. The van der Waals surface area contributed by atoms with Crippen molar-refractivity contribution in [3.63, 3.8) is 0 Å². The minimum absolute atomic E-state index is 0.114. The molecule has 4 rings (SSSR count). The minimum Gasteiger partial charge on any atom is -0.109 e. The zero-order valence-corrected chi connectivity index (χ0v) is 20.1. The van der Waals surface area contributed by atoms with E-state index in [-0.39, 0.29) is 14.6 Å². The van der Waals surface area contributed by atoms with Gasteiger partial charge in [-0.3, -0.25) is 0 Å². The van der Waals surface area contributed by atoms with Gasteiger partial charge in [0.15, 0.2) is 0 Å². The first-order chi connectivity index (χ1) is 15.6. The summed E-state index contributed by atoms with van der Waals surface area (Å²) in [6.07, 6.45) is 1.10. The minimum atomic E-state index is -0.114. The van der Waals surface area contributed by atoms with Crippen LogP contribution in [0.1, 0.15) is 16.7 Å². The van der Waals surface area contributed by atoms with Crippen LogP contribution >= 0.6 is 7.92 Å². The van der Waals surface area contributed by atoms with E-state index in [1.54, 1.807) is 0 Å². The second-order valence-electron chi connectivity index (χ2n) is 8.62. The molecular formula is C30H30BP. The van der Waals surface area contributed by atoms with E-state index in [1.165, 1.54) is 38.7 Å². The first kappa shape index (κ1) is 22.3. The van der Waals surface area contributed by atoms with Gasteiger partial charge < -0.3 is 0 Å². The first-order valence-corrected chi connectivity index (χ1v) is 13.7. The molecule has 0 spiro atoms. The molecule has 0 saturated carbocycles. The average molecular weight is 432 g/mol. The van der Waals surface area contributed by atoms with Crippen molar-refractivity contribution in [2.75, 3.05) is 19.5 Å². The highest BCUT2D eigenvalue weighted by Crippen LogP contribution is 2.38. The van der Waals surface area contributed by atoms with Gasteiger partial charge in [-0.25, -0.2) is 0 Å². The van der Waals surface area contributed by atoms with Gasteiger partial charge in [0.1, 0.15) is 0 Å². The number of hydrogen-bond acceptors (Lipinski definition) is 0. The molecule has 2 heteroatoms. The zero-order valence-electron chi connectivity index (χ0n) is 19.2. The van der Waals surface area contributed by atoms with Gasteiger partial charge in [-0.15, -0.1) is 7.92 Å². The summed E-state index contributed by atoms with van der Waals surface area (Å²) in [7, 11) is -0.114. The van der Waals surface area contributed by atoms with Crippen LogP contribution in [0.2, 0.25) is 0 Å². The highest BCUT2D eigenvalue weighted by molar-refractivity contribution is 7.56. The fraction of sp³-hybridized carbons (Fsp3) is 0.133. The molecular weight excluding hydrogens is 402 g/mol. The van der Waals surface area contributed by atoms with Crippen molar-refractivity contribution in [2.45, 2.75) is 6.92 Å². The molecule has 0 aliphatic rings. The fourth-order valence-electron chi connectivity index (χ4n) is 4.35. The molecule has 0 radical (unpaired) electrons. The van der Waals surface area contributed by atoms with Crippen LogP contribution < -0.4 is 10.9 Å². The summed E-state index contributed by atoms with van der Waals surface area (Å²) in [5.74, 6) is 0. The lowest BCUT2D eigenvalue weighted by molar-refractivity contribution is 1.44. The van der Waals surface area contributed by atoms with Gasteiger partial charge in [-0.1, -0.05) is 137 Å². The Hall–Kier alpha value is -2.89. The molecule has 0 N–H and O–H groups in total. The number of allylic oxidation sites excluding steroid dienone is 1. The standard InChI is InChI=1S/C30H30BP/c1-24-19-21-25(22-20-24)29(23-32(2)3)30(26-13-7-4-8-14-26)31(27-15-9-5-10-16-27)28-17-11-6-12-18-28/h4-22H,23H2,1-3H3/b30-29+. The van der Waals surface area contributed by atoms with Crippen LogP contribution in [-0.4, -0.2) is 26.2 Å². The molecule has 0 fully saturated rings. The molecule has 0 bridgehead atoms. The van der Waals surface area contributed by atoms with E-state index < -0.39 is 0 Å². The highest BCUT2D eigenvalue weighted by Gasteiger charge is 2.28. The largest absolute Gasteiger partial charge is 0.242 e. The lowest BCUT2D eigenvalue weighted by Crippen LogP contribution is -2.44. The quantitative estimate of drug-likeness (QED) is 0.178. The lowest BCUT2D eigenvalue weighted by atomic mass is 9.34. The molecule has 0 aliphatic carbocycles. The second-order valence-corrected chi connectivity index (χ2v) is 11.1. The lowest BCUT2D eigenvalue weighted by Gasteiger charge is -2.25.